The van der Waals surface area contributed by atoms with Gasteiger partial charge in [0.1, 0.15) is 0 Å². The van der Waals surface area contributed by atoms with Gasteiger partial charge in [0.25, 0.3) is 0 Å². The van der Waals surface area contributed by atoms with Gasteiger partial charge < -0.3 is 9.80 Å². The van der Waals surface area contributed by atoms with E-state index in [-0.39, 0.29) is 11.8 Å². The molecule has 2 aromatic rings. The molecule has 1 saturated heterocycles. The molecule has 1 aromatic heterocycles. The third kappa shape index (κ3) is 4.42. The number of carbonyl (C=O) groups excluding carboxylic acids is 2. The van der Waals surface area contributed by atoms with Crippen molar-refractivity contribution in [3.63, 3.8) is 0 Å². The van der Waals surface area contributed by atoms with Gasteiger partial charge >= 0.3 is 0 Å². The highest BCUT2D eigenvalue weighted by molar-refractivity contribution is 5.79. The predicted octanol–water partition coefficient (Wildman–Crippen LogP) is 1.61. The molecule has 3 rings (SSSR count). The summed E-state index contributed by atoms with van der Waals surface area (Å²) in [5.41, 5.74) is 4.27. The lowest BCUT2D eigenvalue weighted by Gasteiger charge is -2.35. The van der Waals surface area contributed by atoms with E-state index in [1.54, 1.807) is 11.8 Å². The Labute approximate surface area is 166 Å². The van der Waals surface area contributed by atoms with Crippen molar-refractivity contribution in [1.29, 1.82) is 0 Å². The van der Waals surface area contributed by atoms with Crippen LogP contribution in [0.3, 0.4) is 0 Å². The molecule has 1 aromatic carbocycles. The molecule has 0 aliphatic carbocycles. The smallest absolute Gasteiger partial charge is 0.236 e. The number of nitrogens with zero attached hydrogens (tertiary/aromatic N) is 5. The second-order valence-electron chi connectivity index (χ2n) is 7.46. The van der Waals surface area contributed by atoms with Gasteiger partial charge in [0, 0.05) is 50.9 Å². The van der Waals surface area contributed by atoms with Gasteiger partial charge in [-0.3, -0.25) is 14.5 Å². The zero-order valence-corrected chi connectivity index (χ0v) is 17.2. The molecular weight excluding hydrogens is 354 g/mol. The molecule has 7 heteroatoms. The SMILES string of the molecule is CC(=O)N1CCN(C(=O)CN(C)Cc2c(C)nn(-c3ccccc3)c2C)CC1. The minimum absolute atomic E-state index is 0.0746. The van der Waals surface area contributed by atoms with Crippen LogP contribution in [-0.2, 0) is 16.1 Å². The minimum Gasteiger partial charge on any atom is -0.339 e. The van der Waals surface area contributed by atoms with Crippen LogP contribution >= 0.6 is 0 Å². The number of aryl methyl sites for hydroxylation is 1. The molecule has 28 heavy (non-hydrogen) atoms. The van der Waals surface area contributed by atoms with Gasteiger partial charge in [-0.25, -0.2) is 4.68 Å². The summed E-state index contributed by atoms with van der Waals surface area (Å²) in [4.78, 5) is 29.7. The molecule has 7 nitrogen and oxygen atoms in total. The summed E-state index contributed by atoms with van der Waals surface area (Å²) in [5.74, 6) is 0.182. The third-order valence-electron chi connectivity index (χ3n) is 5.35. The summed E-state index contributed by atoms with van der Waals surface area (Å²) < 4.78 is 1.96. The summed E-state index contributed by atoms with van der Waals surface area (Å²) in [7, 11) is 1.96. The summed E-state index contributed by atoms with van der Waals surface area (Å²) in [6, 6.07) is 10.1. The van der Waals surface area contributed by atoms with Crippen LogP contribution < -0.4 is 0 Å². The molecule has 1 fully saturated rings. The standard InChI is InChI=1S/C21H29N5O2/c1-16-20(17(2)26(22-16)19-8-6-5-7-9-19)14-23(4)15-21(28)25-12-10-24(11-13-25)18(3)27/h5-9H,10-15H2,1-4H3. The van der Waals surface area contributed by atoms with Crippen molar-refractivity contribution < 1.29 is 9.59 Å². The molecule has 1 aliphatic rings. The Morgan fingerprint density at radius 2 is 1.64 bits per heavy atom. The second kappa shape index (κ2) is 8.56. The topological polar surface area (TPSA) is 61.7 Å². The first-order valence-electron chi connectivity index (χ1n) is 9.69. The van der Waals surface area contributed by atoms with E-state index >= 15 is 0 Å². The maximum Gasteiger partial charge on any atom is 0.236 e. The molecule has 0 bridgehead atoms. The van der Waals surface area contributed by atoms with Crippen molar-refractivity contribution >= 4 is 11.8 Å². The summed E-state index contributed by atoms with van der Waals surface area (Å²) in [5, 5.41) is 4.68. The quantitative estimate of drug-likeness (QED) is 0.787. The van der Waals surface area contributed by atoms with E-state index in [4.69, 9.17) is 0 Å². The van der Waals surface area contributed by atoms with Gasteiger partial charge in [0.05, 0.1) is 17.9 Å². The molecule has 0 radical (unpaired) electrons. The molecule has 0 spiro atoms. The molecule has 0 N–H and O–H groups in total. The number of amides is 2. The Morgan fingerprint density at radius 1 is 1.04 bits per heavy atom. The summed E-state index contributed by atoms with van der Waals surface area (Å²) >= 11 is 0. The molecule has 0 unspecified atom stereocenters. The molecule has 1 aliphatic heterocycles. The lowest BCUT2D eigenvalue weighted by Crippen LogP contribution is -2.51. The second-order valence-corrected chi connectivity index (χ2v) is 7.46. The average Bonchev–Trinajstić information content (AvgIpc) is 2.97. The lowest BCUT2D eigenvalue weighted by molar-refractivity contribution is -0.139. The van der Waals surface area contributed by atoms with Crippen LogP contribution in [0.15, 0.2) is 30.3 Å². The zero-order valence-electron chi connectivity index (χ0n) is 17.2. The third-order valence-corrected chi connectivity index (χ3v) is 5.35. The highest BCUT2D eigenvalue weighted by atomic mass is 16.2. The average molecular weight is 383 g/mol. The van der Waals surface area contributed by atoms with Crippen LogP contribution in [-0.4, -0.2) is 76.1 Å². The normalized spacial score (nSPS) is 14.6. The highest BCUT2D eigenvalue weighted by Crippen LogP contribution is 2.19. The van der Waals surface area contributed by atoms with E-state index < -0.39 is 0 Å². The van der Waals surface area contributed by atoms with Crippen molar-refractivity contribution in [1.82, 2.24) is 24.5 Å². The van der Waals surface area contributed by atoms with Crippen LogP contribution in [0.5, 0.6) is 0 Å². The fourth-order valence-electron chi connectivity index (χ4n) is 3.65. The van der Waals surface area contributed by atoms with Crippen LogP contribution in [0.2, 0.25) is 0 Å². The highest BCUT2D eigenvalue weighted by Gasteiger charge is 2.23. The van der Waals surface area contributed by atoms with Crippen molar-refractivity contribution in [2.24, 2.45) is 0 Å². The van der Waals surface area contributed by atoms with E-state index in [1.807, 2.05) is 58.8 Å². The number of carbonyl (C=O) groups is 2. The van der Waals surface area contributed by atoms with E-state index in [1.165, 1.54) is 0 Å². The fraction of sp³-hybridized carbons (Fsp3) is 0.476. The maximum atomic E-state index is 12.6. The number of hydrogen-bond acceptors (Lipinski definition) is 4. The fourth-order valence-corrected chi connectivity index (χ4v) is 3.65. The van der Waals surface area contributed by atoms with E-state index in [2.05, 4.69) is 12.0 Å². The monoisotopic (exact) mass is 383 g/mol. The summed E-state index contributed by atoms with van der Waals surface area (Å²) in [6.45, 7) is 9.13. The Morgan fingerprint density at radius 3 is 2.25 bits per heavy atom. The zero-order chi connectivity index (χ0) is 20.3. The predicted molar refractivity (Wildman–Crippen MR) is 108 cm³/mol. The van der Waals surface area contributed by atoms with E-state index in [9.17, 15) is 9.59 Å². The Balaban J connectivity index is 1.61. The van der Waals surface area contributed by atoms with E-state index in [0.29, 0.717) is 39.3 Å². The molecule has 150 valence electrons. The number of para-hydroxylation sites is 1. The maximum absolute atomic E-state index is 12.6. The number of benzene rings is 1. The van der Waals surface area contributed by atoms with Crippen LogP contribution in [0.1, 0.15) is 23.9 Å². The number of aromatic nitrogens is 2. The summed E-state index contributed by atoms with van der Waals surface area (Å²) in [6.07, 6.45) is 0. The first-order valence-corrected chi connectivity index (χ1v) is 9.69. The Kier molecular flexibility index (Phi) is 6.14. The van der Waals surface area contributed by atoms with Gasteiger partial charge in [0.2, 0.25) is 11.8 Å². The molecular formula is C21H29N5O2. The molecule has 0 saturated carbocycles. The van der Waals surface area contributed by atoms with Crippen molar-refractivity contribution in [2.45, 2.75) is 27.3 Å². The number of likely N-dealkylation sites (N-methyl/N-ethyl adjacent to an activating group) is 1. The molecule has 2 amide bonds. The first kappa shape index (κ1) is 20.1. The largest absolute Gasteiger partial charge is 0.339 e. The van der Waals surface area contributed by atoms with Gasteiger partial charge in [-0.1, -0.05) is 18.2 Å². The van der Waals surface area contributed by atoms with Gasteiger partial charge in [-0.15, -0.1) is 0 Å². The molecule has 0 atom stereocenters. The van der Waals surface area contributed by atoms with Crippen LogP contribution in [0, 0.1) is 13.8 Å². The first-order chi connectivity index (χ1) is 13.4. The number of rotatable bonds is 5. The van der Waals surface area contributed by atoms with Crippen LogP contribution in [0.4, 0.5) is 0 Å². The lowest BCUT2D eigenvalue weighted by atomic mass is 10.2. The van der Waals surface area contributed by atoms with Crippen LogP contribution in [0.25, 0.3) is 5.69 Å². The van der Waals surface area contributed by atoms with Gasteiger partial charge in [-0.2, -0.15) is 5.10 Å². The Bertz CT molecular complexity index is 838. The van der Waals surface area contributed by atoms with Crippen molar-refractivity contribution in [2.75, 3.05) is 39.8 Å². The number of hydrogen-bond donors (Lipinski definition) is 0. The van der Waals surface area contributed by atoms with Crippen molar-refractivity contribution in [3.05, 3.63) is 47.3 Å². The minimum atomic E-state index is 0.0746. The molecule has 2 heterocycles. The van der Waals surface area contributed by atoms with Gasteiger partial charge in [-0.05, 0) is 33.0 Å². The van der Waals surface area contributed by atoms with Gasteiger partial charge in [0.15, 0.2) is 0 Å². The number of piperazine rings is 1. The Hall–Kier alpha value is -2.67. The van der Waals surface area contributed by atoms with Crippen molar-refractivity contribution in [3.8, 4) is 5.69 Å². The van der Waals surface area contributed by atoms with E-state index in [0.717, 1.165) is 22.6 Å².